The highest BCUT2D eigenvalue weighted by Gasteiger charge is 2.40. The van der Waals surface area contributed by atoms with Gasteiger partial charge in [-0.15, -0.1) is 0 Å². The average Bonchev–Trinajstić information content (AvgIpc) is 2.32. The van der Waals surface area contributed by atoms with Crippen LogP contribution in [0.2, 0.25) is 0 Å². The summed E-state index contributed by atoms with van der Waals surface area (Å²) in [6.07, 6.45) is 0.924. The highest BCUT2D eigenvalue weighted by atomic mass is 16.3. The first kappa shape index (κ1) is 11.5. The van der Waals surface area contributed by atoms with Crippen LogP contribution >= 0.6 is 0 Å². The zero-order valence-electron chi connectivity index (χ0n) is 9.63. The van der Waals surface area contributed by atoms with E-state index in [1.54, 1.807) is 0 Å². The van der Waals surface area contributed by atoms with Crippen molar-refractivity contribution in [3.05, 3.63) is 0 Å². The minimum Gasteiger partial charge on any atom is -0.396 e. The number of aliphatic hydroxyl groups is 1. The van der Waals surface area contributed by atoms with Crippen molar-refractivity contribution in [2.45, 2.75) is 34.1 Å². The van der Waals surface area contributed by atoms with Crippen molar-refractivity contribution in [3.63, 3.8) is 0 Å². The smallest absolute Gasteiger partial charge is 0.228 e. The van der Waals surface area contributed by atoms with Gasteiger partial charge in [0, 0.05) is 30.5 Å². The van der Waals surface area contributed by atoms with Gasteiger partial charge in [-0.3, -0.25) is 4.79 Å². The van der Waals surface area contributed by atoms with Crippen molar-refractivity contribution in [2.75, 3.05) is 19.7 Å². The average molecular weight is 199 g/mol. The Kier molecular flexibility index (Phi) is 2.91. The van der Waals surface area contributed by atoms with E-state index in [4.69, 9.17) is 5.11 Å². The zero-order valence-corrected chi connectivity index (χ0v) is 9.63. The first-order valence-corrected chi connectivity index (χ1v) is 5.19. The Morgan fingerprint density at radius 3 is 2.43 bits per heavy atom. The van der Waals surface area contributed by atoms with Gasteiger partial charge < -0.3 is 10.0 Å². The molecule has 1 aliphatic heterocycles. The Balaban J connectivity index is 2.62. The molecule has 0 aromatic carbocycles. The molecule has 0 aromatic rings. The number of carbonyl (C=O) groups excluding carboxylic acids is 1. The van der Waals surface area contributed by atoms with Crippen LogP contribution in [0.1, 0.15) is 34.1 Å². The second-order valence-electron chi connectivity index (χ2n) is 5.68. The van der Waals surface area contributed by atoms with Gasteiger partial charge in [0.15, 0.2) is 0 Å². The quantitative estimate of drug-likeness (QED) is 0.743. The molecule has 1 amide bonds. The van der Waals surface area contributed by atoms with Crippen LogP contribution in [0.25, 0.3) is 0 Å². The number of aliphatic hydroxyl groups excluding tert-OH is 1. The highest BCUT2D eigenvalue weighted by molar-refractivity contribution is 5.84. The van der Waals surface area contributed by atoms with E-state index in [1.807, 2.05) is 32.6 Å². The lowest BCUT2D eigenvalue weighted by atomic mass is 9.91. The monoisotopic (exact) mass is 199 g/mol. The largest absolute Gasteiger partial charge is 0.396 e. The standard InChI is InChI=1S/C11H21NO2/c1-10(2,8-13)7-12-6-5-11(3,4)9(12)14/h13H,5-8H2,1-4H3. The second-order valence-corrected chi connectivity index (χ2v) is 5.68. The van der Waals surface area contributed by atoms with Gasteiger partial charge in [-0.25, -0.2) is 0 Å². The minimum atomic E-state index is -0.203. The van der Waals surface area contributed by atoms with E-state index in [9.17, 15) is 4.79 Å². The molecule has 3 nitrogen and oxygen atoms in total. The fourth-order valence-electron chi connectivity index (χ4n) is 1.77. The number of rotatable bonds is 3. The van der Waals surface area contributed by atoms with Crippen LogP contribution in [-0.2, 0) is 4.79 Å². The summed E-state index contributed by atoms with van der Waals surface area (Å²) in [5, 5.41) is 9.13. The summed E-state index contributed by atoms with van der Waals surface area (Å²) in [5.41, 5.74) is -0.387. The third-order valence-electron chi connectivity index (χ3n) is 2.92. The van der Waals surface area contributed by atoms with Gasteiger partial charge in [-0.05, 0) is 6.42 Å². The lowest BCUT2D eigenvalue weighted by Crippen LogP contribution is -2.39. The lowest BCUT2D eigenvalue weighted by molar-refractivity contribution is -0.136. The summed E-state index contributed by atoms with van der Waals surface area (Å²) in [4.78, 5) is 13.7. The molecule has 0 spiro atoms. The van der Waals surface area contributed by atoms with Crippen molar-refractivity contribution in [3.8, 4) is 0 Å². The van der Waals surface area contributed by atoms with Crippen LogP contribution in [0.4, 0.5) is 0 Å². The van der Waals surface area contributed by atoms with Gasteiger partial charge in [-0.1, -0.05) is 27.7 Å². The minimum absolute atomic E-state index is 0.122. The summed E-state index contributed by atoms with van der Waals surface area (Å²) in [6, 6.07) is 0. The molecule has 1 rings (SSSR count). The molecule has 0 saturated carbocycles. The van der Waals surface area contributed by atoms with Crippen molar-refractivity contribution in [1.29, 1.82) is 0 Å². The van der Waals surface area contributed by atoms with Crippen LogP contribution in [0.15, 0.2) is 0 Å². The second kappa shape index (κ2) is 3.54. The van der Waals surface area contributed by atoms with Crippen LogP contribution in [0.5, 0.6) is 0 Å². The van der Waals surface area contributed by atoms with E-state index in [1.165, 1.54) is 0 Å². The molecule has 0 aliphatic carbocycles. The lowest BCUT2D eigenvalue weighted by Gasteiger charge is -2.29. The third kappa shape index (κ3) is 2.27. The van der Waals surface area contributed by atoms with Gasteiger partial charge in [-0.2, -0.15) is 0 Å². The molecule has 1 fully saturated rings. The van der Waals surface area contributed by atoms with Crippen molar-refractivity contribution < 1.29 is 9.90 Å². The Hall–Kier alpha value is -0.570. The molecule has 14 heavy (non-hydrogen) atoms. The number of carbonyl (C=O) groups is 1. The van der Waals surface area contributed by atoms with Gasteiger partial charge in [0.05, 0.1) is 0 Å². The Labute approximate surface area is 86.1 Å². The summed E-state index contributed by atoms with van der Waals surface area (Å²) in [6.45, 7) is 9.54. The molecule has 1 aliphatic rings. The van der Waals surface area contributed by atoms with E-state index in [-0.39, 0.29) is 23.3 Å². The van der Waals surface area contributed by atoms with Gasteiger partial charge in [0.25, 0.3) is 0 Å². The maximum atomic E-state index is 11.9. The predicted molar refractivity (Wildman–Crippen MR) is 55.8 cm³/mol. The molecule has 0 atom stereocenters. The van der Waals surface area contributed by atoms with E-state index in [2.05, 4.69) is 0 Å². The molecule has 0 radical (unpaired) electrons. The molecule has 3 heteroatoms. The molecular weight excluding hydrogens is 178 g/mol. The van der Waals surface area contributed by atoms with Crippen LogP contribution in [0.3, 0.4) is 0 Å². The fraction of sp³-hybridized carbons (Fsp3) is 0.909. The maximum absolute atomic E-state index is 11.9. The van der Waals surface area contributed by atoms with E-state index in [0.717, 1.165) is 13.0 Å². The number of hydrogen-bond acceptors (Lipinski definition) is 2. The van der Waals surface area contributed by atoms with Crippen molar-refractivity contribution in [2.24, 2.45) is 10.8 Å². The van der Waals surface area contributed by atoms with Gasteiger partial charge in [0.2, 0.25) is 5.91 Å². The Morgan fingerprint density at radius 2 is 2.07 bits per heavy atom. The molecular formula is C11H21NO2. The number of hydrogen-bond donors (Lipinski definition) is 1. The first-order valence-electron chi connectivity index (χ1n) is 5.19. The van der Waals surface area contributed by atoms with Gasteiger partial charge in [0.1, 0.15) is 0 Å². The fourth-order valence-corrected chi connectivity index (χ4v) is 1.77. The molecule has 0 aromatic heterocycles. The highest BCUT2D eigenvalue weighted by Crippen LogP contribution is 2.32. The molecule has 0 unspecified atom stereocenters. The Morgan fingerprint density at radius 1 is 1.50 bits per heavy atom. The van der Waals surface area contributed by atoms with E-state index < -0.39 is 0 Å². The first-order chi connectivity index (χ1) is 6.28. The predicted octanol–water partition coefficient (Wildman–Crippen LogP) is 1.26. The number of amides is 1. The van der Waals surface area contributed by atoms with Crippen molar-refractivity contribution >= 4 is 5.91 Å². The summed E-state index contributed by atoms with van der Waals surface area (Å²) in [7, 11) is 0. The molecule has 1 heterocycles. The summed E-state index contributed by atoms with van der Waals surface area (Å²) < 4.78 is 0. The maximum Gasteiger partial charge on any atom is 0.228 e. The van der Waals surface area contributed by atoms with E-state index >= 15 is 0 Å². The Bertz CT molecular complexity index is 233. The SMILES string of the molecule is CC(C)(CO)CN1CCC(C)(C)C1=O. The zero-order chi connectivity index (χ0) is 11.0. The summed E-state index contributed by atoms with van der Waals surface area (Å²) >= 11 is 0. The normalized spacial score (nSPS) is 21.8. The molecule has 1 N–H and O–H groups in total. The van der Waals surface area contributed by atoms with E-state index in [0.29, 0.717) is 6.54 Å². The van der Waals surface area contributed by atoms with Crippen LogP contribution in [0, 0.1) is 10.8 Å². The van der Waals surface area contributed by atoms with Crippen molar-refractivity contribution in [1.82, 2.24) is 4.90 Å². The van der Waals surface area contributed by atoms with Crippen LogP contribution in [-0.4, -0.2) is 35.6 Å². The molecule has 0 bridgehead atoms. The summed E-state index contributed by atoms with van der Waals surface area (Å²) in [5.74, 6) is 0.221. The number of nitrogens with zero attached hydrogens (tertiary/aromatic N) is 1. The van der Waals surface area contributed by atoms with Gasteiger partial charge >= 0.3 is 0 Å². The third-order valence-corrected chi connectivity index (χ3v) is 2.92. The van der Waals surface area contributed by atoms with Crippen LogP contribution < -0.4 is 0 Å². The molecule has 1 saturated heterocycles. The number of likely N-dealkylation sites (tertiary alicyclic amines) is 1. The molecule has 82 valence electrons. The topological polar surface area (TPSA) is 40.5 Å².